The van der Waals surface area contributed by atoms with E-state index >= 15 is 0 Å². The van der Waals surface area contributed by atoms with Crippen LogP contribution in [0.15, 0.2) is 0 Å². The first-order chi connectivity index (χ1) is 5.24. The zero-order chi connectivity index (χ0) is 8.27. The summed E-state index contributed by atoms with van der Waals surface area (Å²) in [7, 11) is 3.27. The molecular formula is C5H11N5O. The van der Waals surface area contributed by atoms with Crippen molar-refractivity contribution in [1.29, 1.82) is 0 Å². The lowest BCUT2D eigenvalue weighted by atomic mass is 10.3. The fraction of sp³-hybridized carbons (Fsp3) is 0.800. The number of nitrogens with zero attached hydrogens (tertiary/aromatic N) is 4. The lowest BCUT2D eigenvalue weighted by Crippen LogP contribution is -2.17. The molecule has 6 nitrogen and oxygen atoms in total. The summed E-state index contributed by atoms with van der Waals surface area (Å²) >= 11 is 0. The van der Waals surface area contributed by atoms with Gasteiger partial charge in [-0.1, -0.05) is 0 Å². The maximum absolute atomic E-state index is 5.62. The molecule has 62 valence electrons. The minimum Gasteiger partial charge on any atom is -0.383 e. The highest BCUT2D eigenvalue weighted by atomic mass is 16.5. The van der Waals surface area contributed by atoms with Crippen LogP contribution in [0.25, 0.3) is 0 Å². The lowest BCUT2D eigenvalue weighted by Gasteiger charge is -2.02. The van der Waals surface area contributed by atoms with Gasteiger partial charge in [0.2, 0.25) is 0 Å². The van der Waals surface area contributed by atoms with Crippen LogP contribution in [0.3, 0.4) is 0 Å². The van der Waals surface area contributed by atoms with Crippen molar-refractivity contribution in [2.24, 2.45) is 12.8 Å². The van der Waals surface area contributed by atoms with Gasteiger partial charge in [0, 0.05) is 7.11 Å². The molecule has 11 heavy (non-hydrogen) atoms. The number of hydrogen-bond donors (Lipinski definition) is 1. The van der Waals surface area contributed by atoms with E-state index in [0.29, 0.717) is 12.4 Å². The largest absolute Gasteiger partial charge is 0.383 e. The molecule has 0 saturated heterocycles. The topological polar surface area (TPSA) is 78.9 Å². The zero-order valence-corrected chi connectivity index (χ0v) is 6.56. The molecule has 0 radical (unpaired) electrons. The first kappa shape index (κ1) is 8.09. The summed E-state index contributed by atoms with van der Waals surface area (Å²) in [6.45, 7) is 0.408. The van der Waals surface area contributed by atoms with Crippen molar-refractivity contribution in [2.45, 2.75) is 6.04 Å². The third-order valence-corrected chi connectivity index (χ3v) is 1.20. The monoisotopic (exact) mass is 157 g/mol. The molecule has 2 N–H and O–H groups in total. The molecular weight excluding hydrogens is 146 g/mol. The molecule has 1 unspecified atom stereocenters. The van der Waals surface area contributed by atoms with Gasteiger partial charge in [-0.05, 0) is 5.21 Å². The molecule has 0 aliphatic heterocycles. The highest BCUT2D eigenvalue weighted by Gasteiger charge is 2.10. The van der Waals surface area contributed by atoms with Crippen LogP contribution in [0.2, 0.25) is 0 Å². The van der Waals surface area contributed by atoms with Gasteiger partial charge in [-0.15, -0.1) is 10.2 Å². The summed E-state index contributed by atoms with van der Waals surface area (Å²) < 4.78 is 4.83. The minimum absolute atomic E-state index is 0.284. The molecule has 1 rings (SSSR count). The van der Waals surface area contributed by atoms with Crippen LogP contribution in [0.5, 0.6) is 0 Å². The van der Waals surface area contributed by atoms with Crippen molar-refractivity contribution < 1.29 is 4.74 Å². The van der Waals surface area contributed by atoms with Gasteiger partial charge in [0.1, 0.15) is 0 Å². The van der Waals surface area contributed by atoms with Crippen LogP contribution in [0.1, 0.15) is 11.9 Å². The number of aromatic nitrogens is 4. The van der Waals surface area contributed by atoms with E-state index in [4.69, 9.17) is 10.5 Å². The van der Waals surface area contributed by atoms with Crippen LogP contribution in [0.4, 0.5) is 0 Å². The van der Waals surface area contributed by atoms with Gasteiger partial charge in [0.15, 0.2) is 5.82 Å². The van der Waals surface area contributed by atoms with Gasteiger partial charge in [-0.3, -0.25) is 0 Å². The fourth-order valence-corrected chi connectivity index (χ4v) is 0.701. The predicted molar refractivity (Wildman–Crippen MR) is 37.6 cm³/mol. The zero-order valence-electron chi connectivity index (χ0n) is 6.56. The highest BCUT2D eigenvalue weighted by Crippen LogP contribution is 2.00. The number of tetrazole rings is 1. The van der Waals surface area contributed by atoms with Gasteiger partial charge >= 0.3 is 0 Å². The van der Waals surface area contributed by atoms with Crippen molar-refractivity contribution in [3.8, 4) is 0 Å². The smallest absolute Gasteiger partial charge is 0.193 e. The van der Waals surface area contributed by atoms with E-state index in [1.54, 1.807) is 14.2 Å². The Balaban J connectivity index is 2.60. The summed E-state index contributed by atoms with van der Waals surface area (Å²) in [5.74, 6) is 0.509. The van der Waals surface area contributed by atoms with E-state index in [1.165, 1.54) is 4.80 Å². The molecule has 1 aromatic rings. The first-order valence-electron chi connectivity index (χ1n) is 3.22. The number of nitrogens with two attached hydrogens (primary N) is 1. The van der Waals surface area contributed by atoms with Crippen molar-refractivity contribution in [2.75, 3.05) is 13.7 Å². The lowest BCUT2D eigenvalue weighted by molar-refractivity contribution is 0.178. The summed E-state index contributed by atoms with van der Waals surface area (Å²) in [5.41, 5.74) is 5.62. The Labute approximate surface area is 64.3 Å². The Morgan fingerprint density at radius 3 is 2.91 bits per heavy atom. The summed E-state index contributed by atoms with van der Waals surface area (Å²) in [5, 5.41) is 11.3. The number of aryl methyl sites for hydroxylation is 1. The normalized spacial score (nSPS) is 13.4. The summed E-state index contributed by atoms with van der Waals surface area (Å²) in [6, 6.07) is -0.284. The quantitative estimate of drug-likeness (QED) is 0.599. The maximum atomic E-state index is 5.62. The summed E-state index contributed by atoms with van der Waals surface area (Å²) in [6.07, 6.45) is 0. The van der Waals surface area contributed by atoms with E-state index in [-0.39, 0.29) is 6.04 Å². The Bertz CT molecular complexity index is 222. The molecule has 0 amide bonds. The van der Waals surface area contributed by atoms with Gasteiger partial charge in [-0.2, -0.15) is 4.80 Å². The Morgan fingerprint density at radius 1 is 1.73 bits per heavy atom. The molecule has 0 spiro atoms. The fourth-order valence-electron chi connectivity index (χ4n) is 0.701. The van der Waals surface area contributed by atoms with E-state index < -0.39 is 0 Å². The molecule has 1 heterocycles. The summed E-state index contributed by atoms with van der Waals surface area (Å²) in [4.78, 5) is 1.37. The molecule has 0 aromatic carbocycles. The average Bonchev–Trinajstić information content (AvgIpc) is 2.36. The van der Waals surface area contributed by atoms with Crippen LogP contribution in [-0.4, -0.2) is 33.9 Å². The van der Waals surface area contributed by atoms with E-state index in [1.807, 2.05) is 0 Å². The highest BCUT2D eigenvalue weighted by molar-refractivity contribution is 4.86. The number of hydrogen-bond acceptors (Lipinski definition) is 5. The molecule has 1 aromatic heterocycles. The Hall–Kier alpha value is -1.01. The number of ether oxygens (including phenoxy) is 1. The Morgan fingerprint density at radius 2 is 2.45 bits per heavy atom. The molecule has 0 saturated carbocycles. The molecule has 0 fully saturated rings. The second-order valence-corrected chi connectivity index (χ2v) is 2.20. The number of rotatable bonds is 3. The first-order valence-corrected chi connectivity index (χ1v) is 3.22. The predicted octanol–water partition coefficient (Wildman–Crippen LogP) is -1.14. The second kappa shape index (κ2) is 3.40. The maximum Gasteiger partial charge on any atom is 0.193 e. The number of methoxy groups -OCH3 is 1. The van der Waals surface area contributed by atoms with Gasteiger partial charge in [0.05, 0.1) is 19.7 Å². The van der Waals surface area contributed by atoms with Crippen molar-refractivity contribution in [1.82, 2.24) is 20.2 Å². The standard InChI is InChI=1S/C5H11N5O/c1-10-8-5(7-9-10)4(6)3-11-2/h4H,3,6H2,1-2H3. The van der Waals surface area contributed by atoms with Gasteiger partial charge < -0.3 is 10.5 Å². The van der Waals surface area contributed by atoms with Crippen LogP contribution in [-0.2, 0) is 11.8 Å². The third-order valence-electron chi connectivity index (χ3n) is 1.20. The van der Waals surface area contributed by atoms with Crippen LogP contribution >= 0.6 is 0 Å². The van der Waals surface area contributed by atoms with Crippen LogP contribution in [0, 0.1) is 0 Å². The molecule has 0 bridgehead atoms. The third kappa shape index (κ3) is 1.95. The van der Waals surface area contributed by atoms with Crippen molar-refractivity contribution in [3.05, 3.63) is 5.82 Å². The Kier molecular flexibility index (Phi) is 2.50. The molecule has 6 heteroatoms. The van der Waals surface area contributed by atoms with Gasteiger partial charge in [-0.25, -0.2) is 0 Å². The van der Waals surface area contributed by atoms with Crippen molar-refractivity contribution in [3.63, 3.8) is 0 Å². The van der Waals surface area contributed by atoms with E-state index in [9.17, 15) is 0 Å². The van der Waals surface area contributed by atoms with Crippen molar-refractivity contribution >= 4 is 0 Å². The van der Waals surface area contributed by atoms with Crippen LogP contribution < -0.4 is 5.73 Å². The second-order valence-electron chi connectivity index (χ2n) is 2.20. The molecule has 0 aliphatic rings. The molecule has 1 atom stereocenters. The minimum atomic E-state index is -0.284. The average molecular weight is 157 g/mol. The van der Waals surface area contributed by atoms with Gasteiger partial charge in [0.25, 0.3) is 0 Å². The van der Waals surface area contributed by atoms with E-state index in [0.717, 1.165) is 0 Å². The SMILES string of the molecule is COCC(N)c1nnn(C)n1. The van der Waals surface area contributed by atoms with E-state index in [2.05, 4.69) is 15.4 Å². The molecule has 0 aliphatic carbocycles.